The Labute approximate surface area is 163 Å². The second kappa shape index (κ2) is 8.50. The fourth-order valence-electron chi connectivity index (χ4n) is 3.75. The summed E-state index contributed by atoms with van der Waals surface area (Å²) in [7, 11) is 1.75. The van der Waals surface area contributed by atoms with Crippen molar-refractivity contribution in [2.45, 2.75) is 32.2 Å². The first-order valence-electron chi connectivity index (χ1n) is 9.51. The molecule has 2 aromatic carbocycles. The summed E-state index contributed by atoms with van der Waals surface area (Å²) in [6.45, 7) is 2.50. The number of halogens is 2. The average Bonchev–Trinajstić information content (AvgIpc) is 3.18. The van der Waals surface area contributed by atoms with Gasteiger partial charge < -0.3 is 10.2 Å². The maximum Gasteiger partial charge on any atom is 0.253 e. The standard InChI is InChI=1S/C22H24F2N2O2/c1-3-25-21(27)16-8-10-18(12-16)26(2)22(28)15-6-4-14(5-7-15)19-11-9-17(23)13-20(19)24/h4-7,9,11,13,16,18H,3,8,10,12H2,1-2H3,(H,25,27). The molecule has 0 spiro atoms. The Kier molecular flexibility index (Phi) is 6.07. The molecule has 0 saturated heterocycles. The molecule has 0 bridgehead atoms. The first-order valence-corrected chi connectivity index (χ1v) is 9.51. The lowest BCUT2D eigenvalue weighted by atomic mass is 10.0. The zero-order valence-electron chi connectivity index (χ0n) is 16.0. The molecule has 2 atom stereocenters. The highest BCUT2D eigenvalue weighted by atomic mass is 19.1. The van der Waals surface area contributed by atoms with E-state index in [4.69, 9.17) is 0 Å². The van der Waals surface area contributed by atoms with Gasteiger partial charge in [0.15, 0.2) is 0 Å². The van der Waals surface area contributed by atoms with E-state index in [0.29, 0.717) is 24.1 Å². The molecule has 0 aromatic heterocycles. The van der Waals surface area contributed by atoms with Gasteiger partial charge in [-0.25, -0.2) is 8.78 Å². The van der Waals surface area contributed by atoms with Crippen LogP contribution in [0.1, 0.15) is 36.5 Å². The van der Waals surface area contributed by atoms with Crippen molar-refractivity contribution in [3.8, 4) is 11.1 Å². The third kappa shape index (κ3) is 4.21. The summed E-state index contributed by atoms with van der Waals surface area (Å²) in [5.74, 6) is -1.40. The molecular formula is C22H24F2N2O2. The Morgan fingerprint density at radius 2 is 1.82 bits per heavy atom. The predicted octanol–water partition coefficient (Wildman–Crippen LogP) is 4.01. The fraction of sp³-hybridized carbons (Fsp3) is 0.364. The summed E-state index contributed by atoms with van der Waals surface area (Å²) in [6.07, 6.45) is 2.23. The Bertz CT molecular complexity index is 867. The van der Waals surface area contributed by atoms with Gasteiger partial charge in [0.05, 0.1) is 0 Å². The van der Waals surface area contributed by atoms with Crippen LogP contribution in [0.15, 0.2) is 42.5 Å². The van der Waals surface area contributed by atoms with E-state index in [0.717, 1.165) is 18.9 Å². The van der Waals surface area contributed by atoms with Crippen LogP contribution in [0.25, 0.3) is 11.1 Å². The number of amides is 2. The van der Waals surface area contributed by atoms with Gasteiger partial charge in [-0.3, -0.25) is 9.59 Å². The molecule has 28 heavy (non-hydrogen) atoms. The van der Waals surface area contributed by atoms with Crippen molar-refractivity contribution in [1.82, 2.24) is 10.2 Å². The van der Waals surface area contributed by atoms with E-state index >= 15 is 0 Å². The molecule has 2 unspecified atom stereocenters. The summed E-state index contributed by atoms with van der Waals surface area (Å²) in [6, 6.07) is 10.1. The van der Waals surface area contributed by atoms with Crippen molar-refractivity contribution in [3.05, 3.63) is 59.7 Å². The highest BCUT2D eigenvalue weighted by molar-refractivity contribution is 5.95. The van der Waals surface area contributed by atoms with Gasteiger partial charge in [0.1, 0.15) is 11.6 Å². The summed E-state index contributed by atoms with van der Waals surface area (Å²) in [5.41, 5.74) is 1.36. The van der Waals surface area contributed by atoms with Crippen molar-refractivity contribution in [2.75, 3.05) is 13.6 Å². The lowest BCUT2D eigenvalue weighted by molar-refractivity contribution is -0.124. The molecule has 1 aliphatic rings. The third-order valence-corrected chi connectivity index (χ3v) is 5.37. The first-order chi connectivity index (χ1) is 13.4. The maximum atomic E-state index is 13.9. The molecule has 0 aliphatic heterocycles. The molecule has 1 saturated carbocycles. The highest BCUT2D eigenvalue weighted by Crippen LogP contribution is 2.30. The van der Waals surface area contributed by atoms with Crippen molar-refractivity contribution in [1.29, 1.82) is 0 Å². The van der Waals surface area contributed by atoms with Gasteiger partial charge in [-0.15, -0.1) is 0 Å². The van der Waals surface area contributed by atoms with E-state index < -0.39 is 11.6 Å². The fourth-order valence-corrected chi connectivity index (χ4v) is 3.75. The Hall–Kier alpha value is -2.76. The topological polar surface area (TPSA) is 49.4 Å². The molecule has 1 fully saturated rings. The molecule has 148 valence electrons. The second-order valence-electron chi connectivity index (χ2n) is 7.18. The number of nitrogens with zero attached hydrogens (tertiary/aromatic N) is 1. The minimum atomic E-state index is -0.640. The first kappa shape index (κ1) is 20.0. The number of hydrogen-bond donors (Lipinski definition) is 1. The molecule has 0 heterocycles. The summed E-state index contributed by atoms with van der Waals surface area (Å²) in [5, 5.41) is 2.84. The van der Waals surface area contributed by atoms with Crippen LogP contribution < -0.4 is 5.32 Å². The zero-order valence-corrected chi connectivity index (χ0v) is 16.0. The number of benzene rings is 2. The van der Waals surface area contributed by atoms with Gasteiger partial charge in [-0.2, -0.15) is 0 Å². The smallest absolute Gasteiger partial charge is 0.253 e. The number of rotatable bonds is 5. The predicted molar refractivity (Wildman–Crippen MR) is 104 cm³/mol. The van der Waals surface area contributed by atoms with Gasteiger partial charge in [0, 0.05) is 42.7 Å². The van der Waals surface area contributed by atoms with Crippen molar-refractivity contribution < 1.29 is 18.4 Å². The summed E-state index contributed by atoms with van der Waals surface area (Å²) < 4.78 is 27.0. The molecule has 1 aliphatic carbocycles. The number of carbonyl (C=O) groups excluding carboxylic acids is 2. The number of carbonyl (C=O) groups is 2. The van der Waals surface area contributed by atoms with Gasteiger partial charge in [0.25, 0.3) is 5.91 Å². The normalized spacial score (nSPS) is 18.7. The third-order valence-electron chi connectivity index (χ3n) is 5.37. The Morgan fingerprint density at radius 1 is 1.11 bits per heavy atom. The van der Waals surface area contributed by atoms with Crippen molar-refractivity contribution >= 4 is 11.8 Å². The van der Waals surface area contributed by atoms with Gasteiger partial charge in [-0.05, 0) is 56.0 Å². The van der Waals surface area contributed by atoms with Gasteiger partial charge >= 0.3 is 0 Å². The monoisotopic (exact) mass is 386 g/mol. The molecule has 6 heteroatoms. The Balaban J connectivity index is 1.68. The zero-order chi connectivity index (χ0) is 20.3. The second-order valence-corrected chi connectivity index (χ2v) is 7.18. The largest absolute Gasteiger partial charge is 0.356 e. The van der Waals surface area contributed by atoms with Crippen LogP contribution in [-0.4, -0.2) is 36.3 Å². The quantitative estimate of drug-likeness (QED) is 0.844. The molecule has 0 radical (unpaired) electrons. The van der Waals surface area contributed by atoms with Crippen LogP contribution in [-0.2, 0) is 4.79 Å². The molecule has 4 nitrogen and oxygen atoms in total. The van der Waals surface area contributed by atoms with E-state index in [9.17, 15) is 18.4 Å². The lowest BCUT2D eigenvalue weighted by Gasteiger charge is -2.25. The Morgan fingerprint density at radius 3 is 2.46 bits per heavy atom. The maximum absolute atomic E-state index is 13.9. The molecule has 2 aromatic rings. The van der Waals surface area contributed by atoms with E-state index in [2.05, 4.69) is 5.32 Å². The summed E-state index contributed by atoms with van der Waals surface area (Å²) >= 11 is 0. The minimum Gasteiger partial charge on any atom is -0.356 e. The van der Waals surface area contributed by atoms with Crippen LogP contribution in [0.2, 0.25) is 0 Å². The van der Waals surface area contributed by atoms with Crippen molar-refractivity contribution in [2.24, 2.45) is 5.92 Å². The minimum absolute atomic E-state index is 0.0225. The van der Waals surface area contributed by atoms with E-state index in [1.165, 1.54) is 12.1 Å². The van der Waals surface area contributed by atoms with E-state index in [1.807, 2.05) is 6.92 Å². The van der Waals surface area contributed by atoms with Gasteiger partial charge in [-0.1, -0.05) is 12.1 Å². The van der Waals surface area contributed by atoms with Crippen LogP contribution in [0.5, 0.6) is 0 Å². The highest BCUT2D eigenvalue weighted by Gasteiger charge is 2.33. The van der Waals surface area contributed by atoms with Crippen LogP contribution in [0.3, 0.4) is 0 Å². The van der Waals surface area contributed by atoms with E-state index in [-0.39, 0.29) is 29.3 Å². The number of nitrogens with one attached hydrogen (secondary N) is 1. The van der Waals surface area contributed by atoms with Crippen molar-refractivity contribution in [3.63, 3.8) is 0 Å². The number of hydrogen-bond acceptors (Lipinski definition) is 2. The molecular weight excluding hydrogens is 362 g/mol. The van der Waals surface area contributed by atoms with Crippen LogP contribution in [0.4, 0.5) is 8.78 Å². The summed E-state index contributed by atoms with van der Waals surface area (Å²) in [4.78, 5) is 26.5. The SMILES string of the molecule is CCNC(=O)C1CCC(N(C)C(=O)c2ccc(-c3ccc(F)cc3F)cc2)C1. The lowest BCUT2D eigenvalue weighted by Crippen LogP contribution is -2.36. The van der Waals surface area contributed by atoms with Gasteiger partial charge in [0.2, 0.25) is 5.91 Å². The van der Waals surface area contributed by atoms with E-state index in [1.54, 1.807) is 36.2 Å². The van der Waals surface area contributed by atoms with Crippen LogP contribution >= 0.6 is 0 Å². The average molecular weight is 386 g/mol. The van der Waals surface area contributed by atoms with Crippen LogP contribution in [0, 0.1) is 17.6 Å². The molecule has 1 N–H and O–H groups in total. The molecule has 3 rings (SSSR count). The molecule has 2 amide bonds.